The third kappa shape index (κ3) is 3.87. The molecule has 0 bridgehead atoms. The Labute approximate surface area is 174 Å². The summed E-state index contributed by atoms with van der Waals surface area (Å²) in [5.41, 5.74) is 2.24. The van der Waals surface area contributed by atoms with E-state index in [1.165, 1.54) is 0 Å². The van der Waals surface area contributed by atoms with Crippen LogP contribution in [-0.4, -0.2) is 51.9 Å². The first kappa shape index (κ1) is 19.5. The maximum absolute atomic E-state index is 13.3. The molecule has 0 spiro atoms. The van der Waals surface area contributed by atoms with Gasteiger partial charge in [0.2, 0.25) is 11.6 Å². The number of allylic oxidation sites excluding steroid dienone is 1. The van der Waals surface area contributed by atoms with Gasteiger partial charge in [-0.3, -0.25) is 9.59 Å². The van der Waals surface area contributed by atoms with Crippen molar-refractivity contribution in [2.45, 2.75) is 32.9 Å². The van der Waals surface area contributed by atoms with Crippen LogP contribution < -0.4 is 0 Å². The molecule has 4 heterocycles. The first-order chi connectivity index (χ1) is 13.9. The molecule has 152 valence electrons. The number of hydrogen-bond donors (Lipinski definition) is 0. The largest absolute Gasteiger partial charge is 0.448 e. The Bertz CT molecular complexity index is 1050. The minimum absolute atomic E-state index is 0.0206. The highest BCUT2D eigenvalue weighted by Gasteiger charge is 2.31. The molecule has 0 aliphatic carbocycles. The van der Waals surface area contributed by atoms with Gasteiger partial charge in [-0.05, 0) is 37.4 Å². The summed E-state index contributed by atoms with van der Waals surface area (Å²) in [7, 11) is 0. The van der Waals surface area contributed by atoms with Crippen molar-refractivity contribution >= 4 is 34.3 Å². The van der Waals surface area contributed by atoms with E-state index in [-0.39, 0.29) is 17.9 Å². The molecule has 1 aliphatic rings. The average Bonchev–Trinajstić information content (AvgIpc) is 3.40. The van der Waals surface area contributed by atoms with Crippen LogP contribution in [0, 0.1) is 0 Å². The lowest BCUT2D eigenvalue weighted by atomic mass is 10.1. The summed E-state index contributed by atoms with van der Waals surface area (Å²) in [5, 5.41) is 2.89. The van der Waals surface area contributed by atoms with Gasteiger partial charge in [-0.15, -0.1) is 11.3 Å². The molecule has 0 radical (unpaired) electrons. The highest BCUT2D eigenvalue weighted by molar-refractivity contribution is 7.10. The van der Waals surface area contributed by atoms with Crippen molar-refractivity contribution in [3.05, 3.63) is 58.6 Å². The van der Waals surface area contributed by atoms with Crippen LogP contribution in [0.1, 0.15) is 29.2 Å². The molecular formula is C22H25N3O3S. The molecule has 3 aromatic heterocycles. The van der Waals surface area contributed by atoms with Crippen molar-refractivity contribution in [3.63, 3.8) is 0 Å². The normalized spacial score (nSPS) is 17.1. The number of fused-ring (bicyclic) bond motifs is 1. The van der Waals surface area contributed by atoms with Crippen LogP contribution in [0.4, 0.5) is 0 Å². The predicted octanol–water partition coefficient (Wildman–Crippen LogP) is 3.79. The molecule has 0 N–H and O–H groups in total. The molecule has 0 unspecified atom stereocenters. The van der Waals surface area contributed by atoms with Crippen molar-refractivity contribution in [2.24, 2.45) is 0 Å². The minimum atomic E-state index is -0.0325. The van der Waals surface area contributed by atoms with Gasteiger partial charge in [0.25, 0.3) is 5.91 Å². The Morgan fingerprint density at radius 3 is 2.83 bits per heavy atom. The molecule has 7 heteroatoms. The molecule has 3 aromatic rings. The van der Waals surface area contributed by atoms with Gasteiger partial charge < -0.3 is 18.8 Å². The van der Waals surface area contributed by atoms with E-state index in [1.807, 2.05) is 57.9 Å². The molecule has 1 atom stereocenters. The van der Waals surface area contributed by atoms with Crippen LogP contribution in [-0.2, 0) is 17.8 Å². The van der Waals surface area contributed by atoms with Gasteiger partial charge in [-0.25, -0.2) is 0 Å². The highest BCUT2D eigenvalue weighted by atomic mass is 32.1. The monoisotopic (exact) mass is 411 g/mol. The fourth-order valence-corrected chi connectivity index (χ4v) is 4.61. The number of carbonyl (C=O) groups excluding carboxylic acids is 2. The van der Waals surface area contributed by atoms with Crippen molar-refractivity contribution in [2.75, 3.05) is 19.6 Å². The maximum Gasteiger partial charge on any atom is 0.270 e. The van der Waals surface area contributed by atoms with E-state index < -0.39 is 0 Å². The Morgan fingerprint density at radius 1 is 1.31 bits per heavy atom. The summed E-state index contributed by atoms with van der Waals surface area (Å²) in [5.74, 6) is 0.0880. The van der Waals surface area contributed by atoms with Gasteiger partial charge in [0.15, 0.2) is 0 Å². The van der Waals surface area contributed by atoms with Gasteiger partial charge >= 0.3 is 0 Å². The van der Waals surface area contributed by atoms with E-state index in [4.69, 9.17) is 4.42 Å². The minimum Gasteiger partial charge on any atom is -0.448 e. The first-order valence-corrected chi connectivity index (χ1v) is 10.6. The number of nitrogens with zero attached hydrogens (tertiary/aromatic N) is 3. The number of rotatable bonds is 5. The smallest absolute Gasteiger partial charge is 0.270 e. The summed E-state index contributed by atoms with van der Waals surface area (Å²) in [6.45, 7) is 10.0. The van der Waals surface area contributed by atoms with Gasteiger partial charge in [-0.2, -0.15) is 0 Å². The molecule has 0 aromatic carbocycles. The Kier molecular flexibility index (Phi) is 5.32. The van der Waals surface area contributed by atoms with Crippen molar-refractivity contribution < 1.29 is 14.0 Å². The summed E-state index contributed by atoms with van der Waals surface area (Å²) in [6, 6.07) is 7.67. The van der Waals surface area contributed by atoms with Crippen molar-refractivity contribution in [3.8, 4) is 0 Å². The molecule has 0 saturated carbocycles. The lowest BCUT2D eigenvalue weighted by molar-refractivity contribution is -0.134. The molecule has 1 saturated heterocycles. The molecule has 2 amide bonds. The molecule has 1 aliphatic heterocycles. The van der Waals surface area contributed by atoms with E-state index in [0.717, 1.165) is 15.8 Å². The molecule has 6 nitrogen and oxygen atoms in total. The van der Waals surface area contributed by atoms with E-state index >= 15 is 0 Å². The summed E-state index contributed by atoms with van der Waals surface area (Å²) in [4.78, 5) is 30.8. The lowest BCUT2D eigenvalue weighted by Gasteiger charge is -2.40. The Morgan fingerprint density at radius 2 is 2.14 bits per heavy atom. The Balaban J connectivity index is 1.48. The van der Waals surface area contributed by atoms with Crippen molar-refractivity contribution in [1.29, 1.82) is 0 Å². The van der Waals surface area contributed by atoms with E-state index in [1.54, 1.807) is 17.6 Å². The summed E-state index contributed by atoms with van der Waals surface area (Å²) in [6.07, 6.45) is 2.06. The van der Waals surface area contributed by atoms with E-state index in [9.17, 15) is 9.59 Å². The molecule has 29 heavy (non-hydrogen) atoms. The summed E-state index contributed by atoms with van der Waals surface area (Å²) >= 11 is 1.60. The SMILES string of the molecule is C=C(C)Cn1c(C(=O)N2CCN(C(=O)Cc3cccs3)[C@H](C)C2)cc2ccoc21. The molecule has 1 fully saturated rings. The van der Waals surface area contributed by atoms with E-state index in [2.05, 4.69) is 6.58 Å². The Hall–Kier alpha value is -2.80. The van der Waals surface area contributed by atoms with Crippen LogP contribution in [0.25, 0.3) is 11.1 Å². The number of furan rings is 1. The van der Waals surface area contributed by atoms with Gasteiger partial charge in [0.05, 0.1) is 12.7 Å². The number of carbonyl (C=O) groups is 2. The van der Waals surface area contributed by atoms with Crippen LogP contribution in [0.15, 0.2) is 52.5 Å². The quantitative estimate of drug-likeness (QED) is 0.600. The fourth-order valence-electron chi connectivity index (χ4n) is 3.92. The fraction of sp³-hybridized carbons (Fsp3) is 0.364. The number of aromatic nitrogens is 1. The van der Waals surface area contributed by atoms with E-state index in [0.29, 0.717) is 44.0 Å². The second-order valence-electron chi connectivity index (χ2n) is 7.70. The van der Waals surface area contributed by atoms with Crippen LogP contribution >= 0.6 is 11.3 Å². The summed E-state index contributed by atoms with van der Waals surface area (Å²) < 4.78 is 7.47. The van der Waals surface area contributed by atoms with Gasteiger partial charge in [-0.1, -0.05) is 18.2 Å². The predicted molar refractivity (Wildman–Crippen MR) is 114 cm³/mol. The zero-order chi connectivity index (χ0) is 20.5. The second kappa shape index (κ2) is 7.91. The van der Waals surface area contributed by atoms with Crippen LogP contribution in [0.5, 0.6) is 0 Å². The van der Waals surface area contributed by atoms with Crippen molar-refractivity contribution in [1.82, 2.24) is 14.4 Å². The zero-order valence-corrected chi connectivity index (χ0v) is 17.6. The first-order valence-electron chi connectivity index (χ1n) is 9.76. The highest BCUT2D eigenvalue weighted by Crippen LogP contribution is 2.24. The third-order valence-electron chi connectivity index (χ3n) is 5.29. The lowest BCUT2D eigenvalue weighted by Crippen LogP contribution is -2.55. The number of thiophene rings is 1. The van der Waals surface area contributed by atoms with Crippen LogP contribution in [0.3, 0.4) is 0 Å². The van der Waals surface area contributed by atoms with Gasteiger partial charge in [0.1, 0.15) is 5.69 Å². The van der Waals surface area contributed by atoms with Gasteiger partial charge in [0, 0.05) is 42.5 Å². The van der Waals surface area contributed by atoms with Crippen LogP contribution in [0.2, 0.25) is 0 Å². The average molecular weight is 412 g/mol. The number of hydrogen-bond acceptors (Lipinski definition) is 4. The third-order valence-corrected chi connectivity index (χ3v) is 6.17. The zero-order valence-electron chi connectivity index (χ0n) is 16.8. The number of amides is 2. The standard InChI is InChI=1S/C22H25N3O3S/c1-15(2)13-25-19(11-17-6-9-28-22(17)25)21(27)23-7-8-24(16(3)14-23)20(26)12-18-5-4-10-29-18/h4-6,9-11,16H,1,7-8,12-14H2,2-3H3/t16-/m1/s1. The topological polar surface area (TPSA) is 58.7 Å². The molecular weight excluding hydrogens is 386 g/mol. The maximum atomic E-state index is 13.3. The molecule has 4 rings (SSSR count). The second-order valence-corrected chi connectivity index (χ2v) is 8.73. The number of piperazine rings is 1.